The maximum absolute atomic E-state index is 14.7. The number of hydrogen-bond donors (Lipinski definition) is 1. The van der Waals surface area contributed by atoms with E-state index in [1.807, 2.05) is 24.3 Å². The lowest BCUT2D eigenvalue weighted by Crippen LogP contribution is -2.51. The maximum atomic E-state index is 14.7. The standard InChI is InChI=1S/C42H39ClFN3O6/c1-42-32(39(50)47(41(42)52)27-7-11-34(44)33(43)19-27)20-31-29(37(42)25-17-24-18-28(48)8-12-35(24)53-22-25)9-10-30-36(31)40(51)46(38(30)49)26-13-15-45(16-14-26)21-23-5-3-2-4-6-23/h2-9,11-12,18-19,22,26,30-32,36-37,48H,10,13-17,20-21H2,1H3. The quantitative estimate of drug-likeness (QED) is 0.238. The molecule has 3 aromatic carbocycles. The lowest BCUT2D eigenvalue weighted by molar-refractivity contribution is -0.144. The summed E-state index contributed by atoms with van der Waals surface area (Å²) in [6.45, 7) is 4.15. The number of allylic oxidation sites excluding steroid dienone is 3. The summed E-state index contributed by atoms with van der Waals surface area (Å²) in [5.41, 5.74) is 2.45. The molecule has 4 fully saturated rings. The fourth-order valence-electron chi connectivity index (χ4n) is 10.3. The van der Waals surface area contributed by atoms with Crippen LogP contribution in [-0.2, 0) is 32.1 Å². The van der Waals surface area contributed by atoms with Gasteiger partial charge < -0.3 is 9.84 Å². The SMILES string of the molecule is CC12C(=O)N(c3ccc(F)c(Cl)c3)C(=O)C1CC1C(=CCC3C(=O)N(C4CCN(Cc5ccccc5)CC4)C(=O)C31)C2C1=COc2ccc(O)cc2C1. The van der Waals surface area contributed by atoms with Gasteiger partial charge >= 0.3 is 0 Å². The minimum Gasteiger partial charge on any atom is -0.508 e. The monoisotopic (exact) mass is 735 g/mol. The van der Waals surface area contributed by atoms with Crippen LogP contribution in [0, 0.1) is 40.8 Å². The largest absolute Gasteiger partial charge is 0.508 e. The average Bonchev–Trinajstić information content (AvgIpc) is 3.52. The van der Waals surface area contributed by atoms with Gasteiger partial charge in [0.2, 0.25) is 23.6 Å². The Morgan fingerprint density at radius 3 is 2.47 bits per heavy atom. The van der Waals surface area contributed by atoms with Crippen molar-refractivity contribution in [1.82, 2.24) is 9.80 Å². The van der Waals surface area contributed by atoms with Crippen LogP contribution in [0.3, 0.4) is 0 Å². The van der Waals surface area contributed by atoms with Crippen LogP contribution in [0.1, 0.15) is 43.7 Å². The first kappa shape index (κ1) is 34.0. The van der Waals surface area contributed by atoms with Crippen molar-refractivity contribution in [1.29, 1.82) is 0 Å². The van der Waals surface area contributed by atoms with Crippen LogP contribution in [0.4, 0.5) is 10.1 Å². The number of nitrogens with zero attached hydrogens (tertiary/aromatic N) is 3. The minimum absolute atomic E-state index is 0.0754. The number of phenols is 1. The smallest absolute Gasteiger partial charge is 0.241 e. The number of piperidine rings is 1. The topological polar surface area (TPSA) is 107 Å². The van der Waals surface area contributed by atoms with Gasteiger partial charge in [0.1, 0.15) is 17.3 Å². The molecule has 0 bridgehead atoms. The molecule has 6 atom stereocenters. The fourth-order valence-corrected chi connectivity index (χ4v) is 10.5. The number of aromatic hydroxyl groups is 1. The summed E-state index contributed by atoms with van der Waals surface area (Å²) in [6, 6.07) is 18.7. The van der Waals surface area contributed by atoms with Gasteiger partial charge in [-0.05, 0) is 86.1 Å². The van der Waals surface area contributed by atoms with Gasteiger partial charge in [-0.1, -0.05) is 53.6 Å². The zero-order valence-electron chi connectivity index (χ0n) is 29.2. The van der Waals surface area contributed by atoms with E-state index in [1.165, 1.54) is 22.6 Å². The van der Waals surface area contributed by atoms with E-state index in [2.05, 4.69) is 17.0 Å². The summed E-state index contributed by atoms with van der Waals surface area (Å²) >= 11 is 6.14. The van der Waals surface area contributed by atoms with Gasteiger partial charge in [0.25, 0.3) is 0 Å². The van der Waals surface area contributed by atoms with Crippen molar-refractivity contribution in [3.8, 4) is 11.5 Å². The minimum atomic E-state index is -1.28. The van der Waals surface area contributed by atoms with Crippen molar-refractivity contribution in [2.45, 2.75) is 51.6 Å². The van der Waals surface area contributed by atoms with Crippen molar-refractivity contribution < 1.29 is 33.4 Å². The number of amides is 4. The normalized spacial score (nSPS) is 30.0. The molecule has 1 N–H and O–H groups in total. The summed E-state index contributed by atoms with van der Waals surface area (Å²) < 4.78 is 20.3. The molecule has 4 heterocycles. The lowest BCUT2D eigenvalue weighted by atomic mass is 9.51. The van der Waals surface area contributed by atoms with Gasteiger partial charge in [0, 0.05) is 43.6 Å². The van der Waals surface area contributed by atoms with E-state index < -0.39 is 52.6 Å². The third kappa shape index (κ3) is 5.28. The van der Waals surface area contributed by atoms with Gasteiger partial charge in [-0.25, -0.2) is 9.29 Å². The Hall–Kier alpha value is -4.80. The molecule has 1 saturated carbocycles. The van der Waals surface area contributed by atoms with Crippen molar-refractivity contribution in [2.24, 2.45) is 35.0 Å². The van der Waals surface area contributed by atoms with Crippen LogP contribution < -0.4 is 9.64 Å². The van der Waals surface area contributed by atoms with Crippen LogP contribution in [0.2, 0.25) is 5.02 Å². The van der Waals surface area contributed by atoms with E-state index in [0.717, 1.165) is 47.3 Å². The molecule has 0 radical (unpaired) electrons. The highest BCUT2D eigenvalue weighted by atomic mass is 35.5. The van der Waals surface area contributed by atoms with Crippen molar-refractivity contribution in [3.05, 3.63) is 112 Å². The molecule has 0 spiro atoms. The summed E-state index contributed by atoms with van der Waals surface area (Å²) in [4.78, 5) is 63.1. The molecule has 6 unspecified atom stereocenters. The molecule has 272 valence electrons. The summed E-state index contributed by atoms with van der Waals surface area (Å²) in [5.74, 6) is -4.38. The van der Waals surface area contributed by atoms with Crippen LogP contribution in [0.25, 0.3) is 0 Å². The third-order valence-electron chi connectivity index (χ3n) is 12.8. The Morgan fingerprint density at radius 1 is 0.943 bits per heavy atom. The highest BCUT2D eigenvalue weighted by molar-refractivity contribution is 6.31. The number of halogens is 2. The van der Waals surface area contributed by atoms with Gasteiger partial charge in [0.05, 0.1) is 40.1 Å². The van der Waals surface area contributed by atoms with E-state index >= 15 is 0 Å². The number of phenolic OH excluding ortho intramolecular Hbond substituents is 1. The molecule has 4 amide bonds. The average molecular weight is 736 g/mol. The van der Waals surface area contributed by atoms with Crippen molar-refractivity contribution in [2.75, 3.05) is 18.0 Å². The first-order valence-corrected chi connectivity index (χ1v) is 18.8. The van der Waals surface area contributed by atoms with E-state index in [4.69, 9.17) is 16.3 Å². The van der Waals surface area contributed by atoms with Crippen LogP contribution >= 0.6 is 11.6 Å². The Morgan fingerprint density at radius 2 is 1.72 bits per heavy atom. The first-order chi connectivity index (χ1) is 25.5. The number of hydrogen-bond acceptors (Lipinski definition) is 7. The third-order valence-corrected chi connectivity index (χ3v) is 13.1. The van der Waals surface area contributed by atoms with Crippen molar-refractivity contribution in [3.63, 3.8) is 0 Å². The number of carbonyl (C=O) groups is 4. The second-order valence-corrected chi connectivity index (χ2v) is 16.0. The van der Waals surface area contributed by atoms with E-state index in [9.17, 15) is 28.7 Å². The molecule has 2 aliphatic carbocycles. The van der Waals surface area contributed by atoms with E-state index in [0.29, 0.717) is 31.4 Å². The predicted octanol–water partition coefficient (Wildman–Crippen LogP) is 6.43. The number of imide groups is 2. The Labute approximate surface area is 311 Å². The van der Waals surface area contributed by atoms with Crippen LogP contribution in [-0.4, -0.2) is 57.7 Å². The Bertz CT molecular complexity index is 2130. The second kappa shape index (κ2) is 12.7. The molecular weight excluding hydrogens is 697 g/mol. The van der Waals surface area contributed by atoms with Crippen LogP contribution in [0.15, 0.2) is 90.2 Å². The molecule has 3 aromatic rings. The predicted molar refractivity (Wildman–Crippen MR) is 194 cm³/mol. The number of ether oxygens (including phenoxy) is 1. The number of carbonyl (C=O) groups excluding carboxylic acids is 4. The second-order valence-electron chi connectivity index (χ2n) is 15.6. The number of benzene rings is 3. The summed E-state index contributed by atoms with van der Waals surface area (Å²) in [6.07, 6.45) is 5.96. The Kier molecular flexibility index (Phi) is 8.12. The molecule has 11 heteroatoms. The number of likely N-dealkylation sites (tertiary alicyclic amines) is 2. The molecular formula is C42H39ClFN3O6. The molecule has 9 nitrogen and oxygen atoms in total. The van der Waals surface area contributed by atoms with Gasteiger partial charge in [-0.2, -0.15) is 0 Å². The zero-order chi connectivity index (χ0) is 36.8. The zero-order valence-corrected chi connectivity index (χ0v) is 30.0. The molecule has 6 aliphatic rings. The summed E-state index contributed by atoms with van der Waals surface area (Å²) in [7, 11) is 0. The maximum Gasteiger partial charge on any atom is 0.241 e. The highest BCUT2D eigenvalue weighted by Gasteiger charge is 2.68. The number of anilines is 1. The first-order valence-electron chi connectivity index (χ1n) is 18.4. The number of rotatable bonds is 5. The lowest BCUT2D eigenvalue weighted by Gasteiger charge is -2.50. The number of fused-ring (bicyclic) bond motifs is 5. The highest BCUT2D eigenvalue weighted by Crippen LogP contribution is 2.63. The molecule has 4 aliphatic heterocycles. The molecule has 0 aromatic heterocycles. The van der Waals surface area contributed by atoms with E-state index in [1.54, 1.807) is 31.4 Å². The van der Waals surface area contributed by atoms with Crippen LogP contribution in [0.5, 0.6) is 11.5 Å². The van der Waals surface area contributed by atoms with Gasteiger partial charge in [-0.15, -0.1) is 0 Å². The van der Waals surface area contributed by atoms with E-state index in [-0.39, 0.29) is 40.7 Å². The van der Waals surface area contributed by atoms with Gasteiger partial charge in [0.15, 0.2) is 0 Å². The summed E-state index contributed by atoms with van der Waals surface area (Å²) in [5, 5.41) is 10.1. The van der Waals surface area contributed by atoms with Gasteiger partial charge in [-0.3, -0.25) is 29.0 Å². The molecule has 3 saturated heterocycles. The Balaban J connectivity index is 1.05. The molecule has 9 rings (SSSR count). The molecule has 53 heavy (non-hydrogen) atoms. The van der Waals surface area contributed by atoms with Crippen molar-refractivity contribution >= 4 is 40.9 Å². The fraction of sp³-hybridized carbons (Fsp3) is 0.381.